The smallest absolute Gasteiger partial charge is 0.161 e. The Morgan fingerprint density at radius 2 is 1.85 bits per heavy atom. The molecule has 5 nitrogen and oxygen atoms in total. The predicted octanol–water partition coefficient (Wildman–Crippen LogP) is 5.02. The highest BCUT2D eigenvalue weighted by Crippen LogP contribution is 2.47. The molecule has 33 heavy (non-hydrogen) atoms. The Labute approximate surface area is 198 Å². The fourth-order valence-corrected chi connectivity index (χ4v) is 5.35. The molecule has 2 unspecified atom stereocenters. The molecule has 0 radical (unpaired) electrons. The minimum absolute atomic E-state index is 0.212. The summed E-state index contributed by atoms with van der Waals surface area (Å²) in [5, 5.41) is 10.8. The lowest BCUT2D eigenvalue weighted by molar-refractivity contribution is 0.0434. The number of hydrogen-bond acceptors (Lipinski definition) is 5. The predicted molar refractivity (Wildman–Crippen MR) is 131 cm³/mol. The molecule has 2 fully saturated rings. The minimum atomic E-state index is -0.418. The number of benzene rings is 2. The Bertz CT molecular complexity index is 881. The minimum Gasteiger partial charge on any atom is -0.493 e. The Kier molecular flexibility index (Phi) is 7.94. The fourth-order valence-electron chi connectivity index (χ4n) is 5.35. The van der Waals surface area contributed by atoms with Gasteiger partial charge >= 0.3 is 0 Å². The first-order valence-electron chi connectivity index (χ1n) is 12.4. The van der Waals surface area contributed by atoms with Crippen molar-refractivity contribution >= 4 is 0 Å². The van der Waals surface area contributed by atoms with Crippen LogP contribution in [-0.4, -0.2) is 55.6 Å². The Balaban J connectivity index is 1.43. The van der Waals surface area contributed by atoms with Gasteiger partial charge in [-0.2, -0.15) is 0 Å². The van der Waals surface area contributed by atoms with Crippen molar-refractivity contribution in [3.8, 4) is 11.5 Å². The number of rotatable bonds is 10. The number of aliphatic hydroxyl groups is 1. The summed E-state index contributed by atoms with van der Waals surface area (Å²) >= 11 is 0. The molecular formula is C28H39NO4. The maximum atomic E-state index is 10.8. The maximum Gasteiger partial charge on any atom is 0.161 e. The fraction of sp³-hybridized carbons (Fsp3) is 0.571. The zero-order valence-corrected chi connectivity index (χ0v) is 20.3. The molecular weight excluding hydrogens is 414 g/mol. The Morgan fingerprint density at radius 1 is 1.09 bits per heavy atom. The van der Waals surface area contributed by atoms with Crippen LogP contribution in [0.3, 0.4) is 0 Å². The molecule has 4 rings (SSSR count). The van der Waals surface area contributed by atoms with E-state index in [0.717, 1.165) is 44.0 Å². The monoisotopic (exact) mass is 453 g/mol. The second-order valence-electron chi connectivity index (χ2n) is 9.94. The molecule has 3 atom stereocenters. The van der Waals surface area contributed by atoms with Crippen molar-refractivity contribution in [3.05, 3.63) is 59.7 Å². The molecule has 1 aliphatic carbocycles. The van der Waals surface area contributed by atoms with Gasteiger partial charge in [-0.15, -0.1) is 0 Å². The van der Waals surface area contributed by atoms with E-state index in [2.05, 4.69) is 36.1 Å². The molecule has 1 heterocycles. The highest BCUT2D eigenvalue weighted by Gasteiger charge is 2.46. The van der Waals surface area contributed by atoms with Gasteiger partial charge in [-0.05, 0) is 55.9 Å². The van der Waals surface area contributed by atoms with Gasteiger partial charge in [0.05, 0.1) is 32.5 Å². The lowest BCUT2D eigenvalue weighted by Crippen LogP contribution is -2.37. The third-order valence-electron chi connectivity index (χ3n) is 7.60. The zero-order valence-electron chi connectivity index (χ0n) is 20.3. The largest absolute Gasteiger partial charge is 0.493 e. The van der Waals surface area contributed by atoms with E-state index in [0.29, 0.717) is 13.2 Å². The number of nitrogens with zero attached hydrogens (tertiary/aromatic N) is 1. The molecule has 0 bridgehead atoms. The molecule has 180 valence electrons. The molecule has 1 saturated carbocycles. The summed E-state index contributed by atoms with van der Waals surface area (Å²) in [6.07, 6.45) is 4.55. The Morgan fingerprint density at radius 3 is 2.55 bits per heavy atom. The first kappa shape index (κ1) is 24.1. The van der Waals surface area contributed by atoms with Crippen LogP contribution < -0.4 is 9.47 Å². The van der Waals surface area contributed by atoms with Gasteiger partial charge in [0, 0.05) is 31.0 Å². The van der Waals surface area contributed by atoms with E-state index in [-0.39, 0.29) is 17.4 Å². The van der Waals surface area contributed by atoms with Crippen LogP contribution >= 0.6 is 0 Å². The molecule has 2 aromatic rings. The lowest BCUT2D eigenvalue weighted by atomic mass is 9.72. The van der Waals surface area contributed by atoms with Gasteiger partial charge in [0.2, 0.25) is 0 Å². The molecule has 2 aliphatic rings. The number of methoxy groups -OCH3 is 1. The molecule has 1 N–H and O–H groups in total. The third-order valence-corrected chi connectivity index (χ3v) is 7.60. The van der Waals surface area contributed by atoms with Gasteiger partial charge in [-0.1, -0.05) is 43.3 Å². The van der Waals surface area contributed by atoms with Gasteiger partial charge in [0.1, 0.15) is 0 Å². The zero-order chi connectivity index (χ0) is 23.3. The lowest BCUT2D eigenvalue weighted by Gasteiger charge is -2.34. The summed E-state index contributed by atoms with van der Waals surface area (Å²) < 4.78 is 17.9. The van der Waals surface area contributed by atoms with E-state index in [1.54, 1.807) is 7.11 Å². The quantitative estimate of drug-likeness (QED) is 0.512. The van der Waals surface area contributed by atoms with Crippen molar-refractivity contribution in [2.75, 3.05) is 33.4 Å². The molecule has 1 aliphatic heterocycles. The van der Waals surface area contributed by atoms with Crippen molar-refractivity contribution in [3.63, 3.8) is 0 Å². The summed E-state index contributed by atoms with van der Waals surface area (Å²) in [6, 6.07) is 16.6. The van der Waals surface area contributed by atoms with Crippen molar-refractivity contribution < 1.29 is 19.3 Å². The van der Waals surface area contributed by atoms with E-state index in [1.807, 2.05) is 31.2 Å². The second-order valence-corrected chi connectivity index (χ2v) is 9.94. The number of hydrogen-bond donors (Lipinski definition) is 1. The Hall–Kier alpha value is -2.08. The molecule has 0 aromatic heterocycles. The van der Waals surface area contributed by atoms with Crippen molar-refractivity contribution in [1.29, 1.82) is 0 Å². The van der Waals surface area contributed by atoms with E-state index in [4.69, 9.17) is 14.2 Å². The topological polar surface area (TPSA) is 51.2 Å². The average Bonchev–Trinajstić information content (AvgIpc) is 3.45. The number of ether oxygens (including phenoxy) is 3. The van der Waals surface area contributed by atoms with Gasteiger partial charge in [0.15, 0.2) is 11.5 Å². The standard InChI is InChI=1S/C28H39NO4/c1-21(30)28(2)20-29(15-16-32-19-22-9-5-4-6-10-22)18-25(28)23-13-14-26(31-3)27(17-23)33-24-11-7-8-12-24/h4-6,9-10,13-14,17,21,24-25,30H,7-8,11-12,15-16,18-20H2,1-3H3/t21-,25?,28?/m1/s1. The summed E-state index contributed by atoms with van der Waals surface area (Å²) in [5.74, 6) is 1.83. The summed E-state index contributed by atoms with van der Waals surface area (Å²) in [7, 11) is 1.70. The molecule has 2 aromatic carbocycles. The van der Waals surface area contributed by atoms with Crippen LogP contribution in [0.1, 0.15) is 56.6 Å². The van der Waals surface area contributed by atoms with Crippen LogP contribution in [0.5, 0.6) is 11.5 Å². The summed E-state index contributed by atoms with van der Waals surface area (Å²) in [5.41, 5.74) is 2.16. The molecule has 0 amide bonds. The second kappa shape index (κ2) is 10.9. The van der Waals surface area contributed by atoms with E-state index in [1.165, 1.54) is 24.0 Å². The van der Waals surface area contributed by atoms with Crippen molar-refractivity contribution in [2.45, 2.75) is 64.3 Å². The average molecular weight is 454 g/mol. The molecule has 1 saturated heterocycles. The van der Waals surface area contributed by atoms with Gasteiger partial charge in [-0.3, -0.25) is 4.90 Å². The molecule has 0 spiro atoms. The maximum absolute atomic E-state index is 10.8. The first-order chi connectivity index (χ1) is 16.0. The third kappa shape index (κ3) is 5.71. The van der Waals surface area contributed by atoms with Crippen molar-refractivity contribution in [1.82, 2.24) is 4.90 Å². The van der Waals surface area contributed by atoms with Crippen LogP contribution in [0.15, 0.2) is 48.5 Å². The van der Waals surface area contributed by atoms with Gasteiger partial charge < -0.3 is 19.3 Å². The number of likely N-dealkylation sites (tertiary alicyclic amines) is 1. The van der Waals surface area contributed by atoms with Crippen LogP contribution in [0.4, 0.5) is 0 Å². The van der Waals surface area contributed by atoms with Gasteiger partial charge in [0.25, 0.3) is 0 Å². The van der Waals surface area contributed by atoms with Gasteiger partial charge in [-0.25, -0.2) is 0 Å². The van der Waals surface area contributed by atoms with Crippen LogP contribution in [0.25, 0.3) is 0 Å². The SMILES string of the molecule is COc1ccc(C2CN(CCOCc3ccccc3)CC2(C)[C@@H](C)O)cc1OC1CCCC1. The summed E-state index contributed by atoms with van der Waals surface area (Å²) in [6.45, 7) is 8.02. The normalized spacial score (nSPS) is 24.8. The first-order valence-corrected chi connectivity index (χ1v) is 12.4. The van der Waals surface area contributed by atoms with E-state index >= 15 is 0 Å². The van der Waals surface area contributed by atoms with E-state index < -0.39 is 6.10 Å². The van der Waals surface area contributed by atoms with Crippen molar-refractivity contribution in [2.24, 2.45) is 5.41 Å². The van der Waals surface area contributed by atoms with Crippen LogP contribution in [-0.2, 0) is 11.3 Å². The van der Waals surface area contributed by atoms with Crippen LogP contribution in [0, 0.1) is 5.41 Å². The molecule has 5 heteroatoms. The van der Waals surface area contributed by atoms with E-state index in [9.17, 15) is 5.11 Å². The highest BCUT2D eigenvalue weighted by atomic mass is 16.5. The highest BCUT2D eigenvalue weighted by molar-refractivity contribution is 5.45. The summed E-state index contributed by atoms with van der Waals surface area (Å²) in [4.78, 5) is 2.42. The van der Waals surface area contributed by atoms with Crippen LogP contribution in [0.2, 0.25) is 0 Å². The number of aliphatic hydroxyl groups excluding tert-OH is 1.